The molecule has 0 unspecified atom stereocenters. The van der Waals surface area contributed by atoms with Crippen molar-refractivity contribution < 1.29 is 27.7 Å². The Bertz CT molecular complexity index is 1140. The molecular weight excluding hydrogens is 432 g/mol. The van der Waals surface area contributed by atoms with Crippen molar-refractivity contribution in [2.24, 2.45) is 5.92 Å². The second kappa shape index (κ2) is 10.2. The van der Waals surface area contributed by atoms with Crippen LogP contribution in [0, 0.1) is 5.92 Å². The van der Waals surface area contributed by atoms with E-state index in [0.29, 0.717) is 17.2 Å². The lowest BCUT2D eigenvalue weighted by molar-refractivity contribution is 0.0879. The van der Waals surface area contributed by atoms with E-state index < -0.39 is 16.1 Å². The number of aliphatic hydroxyl groups excluding tert-OH is 1. The van der Waals surface area contributed by atoms with Gasteiger partial charge in [0.05, 0.1) is 19.1 Å². The Morgan fingerprint density at radius 2 is 1.75 bits per heavy atom. The number of aromatic amines is 1. The topological polar surface area (TPSA) is 101 Å². The van der Waals surface area contributed by atoms with Crippen LogP contribution in [0.1, 0.15) is 13.8 Å². The van der Waals surface area contributed by atoms with Gasteiger partial charge >= 0.3 is 0 Å². The molecule has 0 fully saturated rings. The van der Waals surface area contributed by atoms with E-state index in [1.807, 2.05) is 44.3 Å². The maximum absolute atomic E-state index is 13.4. The number of nitrogens with one attached hydrogen (secondary N) is 1. The number of sulfonamides is 1. The Labute approximate surface area is 188 Å². The number of aromatic nitrogens is 1. The van der Waals surface area contributed by atoms with Gasteiger partial charge in [0.1, 0.15) is 18.5 Å². The van der Waals surface area contributed by atoms with Gasteiger partial charge in [-0.25, -0.2) is 8.42 Å². The fraction of sp³-hybridized carbons (Fsp3) is 0.391. The monoisotopic (exact) mass is 462 g/mol. The molecule has 2 aromatic carbocycles. The van der Waals surface area contributed by atoms with Crippen molar-refractivity contribution in [2.45, 2.75) is 24.8 Å². The zero-order valence-corrected chi connectivity index (χ0v) is 19.6. The molecule has 0 aliphatic carbocycles. The number of benzene rings is 2. The van der Waals surface area contributed by atoms with E-state index >= 15 is 0 Å². The lowest BCUT2D eigenvalue weighted by Gasteiger charge is -2.26. The van der Waals surface area contributed by atoms with Crippen molar-refractivity contribution in [3.8, 4) is 17.2 Å². The van der Waals surface area contributed by atoms with Crippen molar-refractivity contribution in [3.63, 3.8) is 0 Å². The number of fused-ring (bicyclic) bond motifs is 1. The third-order valence-electron chi connectivity index (χ3n) is 4.96. The molecule has 174 valence electrons. The summed E-state index contributed by atoms with van der Waals surface area (Å²) in [6, 6.07) is 11.9. The molecule has 32 heavy (non-hydrogen) atoms. The number of ether oxygens (including phenoxy) is 3. The molecule has 2 N–H and O–H groups in total. The van der Waals surface area contributed by atoms with Crippen LogP contribution < -0.4 is 14.2 Å². The zero-order chi connectivity index (χ0) is 23.3. The molecule has 0 aliphatic heterocycles. The Kier molecular flexibility index (Phi) is 7.65. The molecule has 1 atom stereocenters. The van der Waals surface area contributed by atoms with Crippen molar-refractivity contribution >= 4 is 20.9 Å². The molecule has 9 heteroatoms. The minimum atomic E-state index is -3.88. The number of methoxy groups -OCH3 is 2. The molecular formula is C23H30N2O6S. The fourth-order valence-corrected chi connectivity index (χ4v) is 5.12. The van der Waals surface area contributed by atoms with Crippen molar-refractivity contribution in [3.05, 3.63) is 48.7 Å². The highest BCUT2D eigenvalue weighted by Gasteiger charge is 2.28. The first-order valence-corrected chi connectivity index (χ1v) is 11.8. The van der Waals surface area contributed by atoms with Gasteiger partial charge in [0, 0.05) is 36.3 Å². The van der Waals surface area contributed by atoms with Gasteiger partial charge in [0.2, 0.25) is 10.0 Å². The van der Waals surface area contributed by atoms with Gasteiger partial charge in [-0.05, 0) is 36.2 Å². The smallest absolute Gasteiger partial charge is 0.243 e. The standard InChI is InChI=1S/C23H30N2O6S/c1-16(2)13-25(32(27,28)18-8-9-22(29-3)23(12-18)30-4)14-17(26)15-31-21-7-5-6-20-19(21)10-11-24-20/h5-12,16-17,24,26H,13-15H2,1-4H3/t17-/m1/s1. The van der Waals surface area contributed by atoms with Crippen LogP contribution in [-0.4, -0.2) is 62.8 Å². The van der Waals surface area contributed by atoms with E-state index in [-0.39, 0.29) is 30.5 Å². The van der Waals surface area contributed by atoms with Gasteiger partial charge in [-0.3, -0.25) is 0 Å². The molecule has 0 aliphatic rings. The third kappa shape index (κ3) is 5.35. The Morgan fingerprint density at radius 3 is 2.44 bits per heavy atom. The van der Waals surface area contributed by atoms with E-state index in [0.717, 1.165) is 10.9 Å². The van der Waals surface area contributed by atoms with E-state index in [2.05, 4.69) is 4.98 Å². The maximum Gasteiger partial charge on any atom is 0.243 e. The summed E-state index contributed by atoms with van der Waals surface area (Å²) in [6.45, 7) is 3.96. The van der Waals surface area contributed by atoms with Gasteiger partial charge in [-0.15, -0.1) is 0 Å². The fourth-order valence-electron chi connectivity index (χ4n) is 3.46. The summed E-state index contributed by atoms with van der Waals surface area (Å²) in [5, 5.41) is 11.5. The van der Waals surface area contributed by atoms with Crippen LogP contribution in [0.2, 0.25) is 0 Å². The first-order valence-electron chi connectivity index (χ1n) is 10.4. The lowest BCUT2D eigenvalue weighted by Crippen LogP contribution is -2.41. The molecule has 0 amide bonds. The van der Waals surface area contributed by atoms with Gasteiger partial charge in [0.15, 0.2) is 11.5 Å². The van der Waals surface area contributed by atoms with Crippen molar-refractivity contribution in [1.29, 1.82) is 0 Å². The average molecular weight is 463 g/mol. The number of nitrogens with zero attached hydrogens (tertiary/aromatic N) is 1. The molecule has 3 rings (SSSR count). The van der Waals surface area contributed by atoms with Crippen LogP contribution in [0.25, 0.3) is 10.9 Å². The summed E-state index contributed by atoms with van der Waals surface area (Å²) >= 11 is 0. The van der Waals surface area contributed by atoms with Gasteiger partial charge in [-0.1, -0.05) is 19.9 Å². The summed E-state index contributed by atoms with van der Waals surface area (Å²) in [5.74, 6) is 1.45. The minimum Gasteiger partial charge on any atom is -0.493 e. The van der Waals surface area contributed by atoms with Crippen molar-refractivity contribution in [2.75, 3.05) is 33.9 Å². The van der Waals surface area contributed by atoms with E-state index in [4.69, 9.17) is 14.2 Å². The SMILES string of the molecule is COc1ccc(S(=O)(=O)N(CC(C)C)C[C@@H](O)COc2cccc3[nH]ccc23)cc1OC. The number of rotatable bonds is 11. The predicted octanol–water partition coefficient (Wildman–Crippen LogP) is 3.27. The van der Waals surface area contributed by atoms with Gasteiger partial charge < -0.3 is 24.3 Å². The predicted molar refractivity (Wildman–Crippen MR) is 123 cm³/mol. The summed E-state index contributed by atoms with van der Waals surface area (Å²) in [6.07, 6.45) is 0.798. The second-order valence-corrected chi connectivity index (χ2v) is 9.83. The molecule has 1 heterocycles. The molecule has 0 saturated carbocycles. The summed E-state index contributed by atoms with van der Waals surface area (Å²) in [4.78, 5) is 3.18. The van der Waals surface area contributed by atoms with Crippen LogP contribution in [-0.2, 0) is 10.0 Å². The molecule has 0 spiro atoms. The number of hydrogen-bond donors (Lipinski definition) is 2. The second-order valence-electron chi connectivity index (χ2n) is 7.89. The zero-order valence-electron chi connectivity index (χ0n) is 18.7. The van der Waals surface area contributed by atoms with Gasteiger partial charge in [0.25, 0.3) is 0 Å². The Hall–Kier alpha value is -2.75. The van der Waals surface area contributed by atoms with Gasteiger partial charge in [-0.2, -0.15) is 4.31 Å². The number of hydrogen-bond acceptors (Lipinski definition) is 6. The van der Waals surface area contributed by atoms with Crippen LogP contribution in [0.15, 0.2) is 53.6 Å². The quantitative estimate of drug-likeness (QED) is 0.454. The molecule has 0 radical (unpaired) electrons. The minimum absolute atomic E-state index is 0.0413. The van der Waals surface area contributed by atoms with E-state index in [1.54, 1.807) is 6.07 Å². The molecule has 8 nitrogen and oxygen atoms in total. The Morgan fingerprint density at radius 1 is 1.00 bits per heavy atom. The molecule has 0 bridgehead atoms. The molecule has 3 aromatic rings. The highest BCUT2D eigenvalue weighted by Crippen LogP contribution is 2.31. The van der Waals surface area contributed by atoms with Crippen LogP contribution in [0.4, 0.5) is 0 Å². The summed E-state index contributed by atoms with van der Waals surface area (Å²) in [7, 11) is -0.942. The first kappa shape index (κ1) is 23.9. The summed E-state index contributed by atoms with van der Waals surface area (Å²) < 4.78 is 44.3. The van der Waals surface area contributed by atoms with Crippen LogP contribution >= 0.6 is 0 Å². The number of H-pyrrole nitrogens is 1. The highest BCUT2D eigenvalue weighted by molar-refractivity contribution is 7.89. The average Bonchev–Trinajstić information content (AvgIpc) is 3.25. The maximum atomic E-state index is 13.4. The Balaban J connectivity index is 1.77. The normalized spacial score (nSPS) is 13.0. The van der Waals surface area contributed by atoms with Crippen LogP contribution in [0.5, 0.6) is 17.2 Å². The van der Waals surface area contributed by atoms with Crippen molar-refractivity contribution in [1.82, 2.24) is 9.29 Å². The highest BCUT2D eigenvalue weighted by atomic mass is 32.2. The third-order valence-corrected chi connectivity index (χ3v) is 6.79. The lowest BCUT2D eigenvalue weighted by atomic mass is 10.2. The number of aliphatic hydroxyl groups is 1. The largest absolute Gasteiger partial charge is 0.493 e. The van der Waals surface area contributed by atoms with E-state index in [1.165, 1.54) is 30.7 Å². The summed E-state index contributed by atoms with van der Waals surface area (Å²) in [5.41, 5.74) is 0.925. The first-order chi connectivity index (χ1) is 15.3. The molecule has 0 saturated heterocycles. The molecule has 1 aromatic heterocycles. The van der Waals surface area contributed by atoms with Crippen LogP contribution in [0.3, 0.4) is 0 Å². The van der Waals surface area contributed by atoms with E-state index in [9.17, 15) is 13.5 Å².